The predicted octanol–water partition coefficient (Wildman–Crippen LogP) is 3.40. The molecule has 1 rings (SSSR count). The normalized spacial score (nSPS) is 12.0. The molecule has 2 amide bonds. The lowest BCUT2D eigenvalue weighted by atomic mass is 10.3. The van der Waals surface area contributed by atoms with Crippen LogP contribution in [-0.4, -0.2) is 12.1 Å². The maximum absolute atomic E-state index is 13.1. The topological polar surface area (TPSA) is 41.1 Å². The number of hydrogen-bond acceptors (Lipinski definition) is 1. The lowest BCUT2D eigenvalue weighted by molar-refractivity contribution is 0.249. The van der Waals surface area contributed by atoms with Crippen LogP contribution in [0.3, 0.4) is 0 Å². The molecule has 16 heavy (non-hydrogen) atoms. The molecule has 1 unspecified atom stereocenters. The van der Waals surface area contributed by atoms with Crippen LogP contribution in [0, 0.1) is 5.82 Å². The van der Waals surface area contributed by atoms with E-state index in [-0.39, 0.29) is 17.1 Å². The number of amides is 2. The van der Waals surface area contributed by atoms with E-state index in [2.05, 4.69) is 10.6 Å². The maximum Gasteiger partial charge on any atom is 0.319 e. The lowest BCUT2D eigenvalue weighted by Crippen LogP contribution is -2.35. The predicted molar refractivity (Wildman–Crippen MR) is 63.3 cm³/mol. The average molecular weight is 245 g/mol. The first kappa shape index (κ1) is 12.8. The smallest absolute Gasteiger partial charge is 0.319 e. The Labute approximate surface area is 99.0 Å². The lowest BCUT2D eigenvalue weighted by Gasteiger charge is -2.12. The molecule has 0 aliphatic heterocycles. The van der Waals surface area contributed by atoms with Gasteiger partial charge in [-0.25, -0.2) is 9.18 Å². The molecule has 1 aromatic carbocycles. The number of carbonyl (C=O) groups is 1. The third-order valence-electron chi connectivity index (χ3n) is 2.17. The van der Waals surface area contributed by atoms with E-state index < -0.39 is 5.82 Å². The molecule has 0 aliphatic rings. The Morgan fingerprint density at radius 2 is 2.25 bits per heavy atom. The van der Waals surface area contributed by atoms with E-state index in [0.717, 1.165) is 6.42 Å². The summed E-state index contributed by atoms with van der Waals surface area (Å²) in [5.41, 5.74) is 0.378. The molecule has 1 atom stereocenters. The molecule has 0 bridgehead atoms. The van der Waals surface area contributed by atoms with Crippen LogP contribution in [0.1, 0.15) is 20.3 Å². The standard InChI is InChI=1S/C11H14ClFN2O/c1-3-7(2)14-11(16)15-8-4-5-9(12)10(13)6-8/h4-7H,3H2,1-2H3,(H2,14,15,16). The van der Waals surface area contributed by atoms with Crippen molar-refractivity contribution in [3.8, 4) is 0 Å². The summed E-state index contributed by atoms with van der Waals surface area (Å²) in [4.78, 5) is 11.4. The molecule has 0 spiro atoms. The SMILES string of the molecule is CCC(C)NC(=O)Nc1ccc(Cl)c(F)c1. The van der Waals surface area contributed by atoms with Gasteiger partial charge in [0.25, 0.3) is 0 Å². The number of carbonyl (C=O) groups excluding carboxylic acids is 1. The minimum Gasteiger partial charge on any atom is -0.335 e. The van der Waals surface area contributed by atoms with Gasteiger partial charge in [0.15, 0.2) is 0 Å². The second-order valence-electron chi connectivity index (χ2n) is 3.54. The van der Waals surface area contributed by atoms with E-state index in [9.17, 15) is 9.18 Å². The van der Waals surface area contributed by atoms with Gasteiger partial charge in [-0.15, -0.1) is 0 Å². The summed E-state index contributed by atoms with van der Waals surface area (Å²) < 4.78 is 13.1. The Morgan fingerprint density at radius 1 is 1.56 bits per heavy atom. The van der Waals surface area contributed by atoms with E-state index in [0.29, 0.717) is 5.69 Å². The number of hydrogen-bond donors (Lipinski definition) is 2. The number of rotatable bonds is 3. The first-order valence-electron chi connectivity index (χ1n) is 5.05. The molecule has 0 heterocycles. The van der Waals surface area contributed by atoms with Crippen molar-refractivity contribution in [1.29, 1.82) is 0 Å². The molecule has 0 fully saturated rings. The zero-order valence-corrected chi connectivity index (χ0v) is 9.94. The number of halogens is 2. The molecule has 0 aromatic heterocycles. The molecule has 0 radical (unpaired) electrons. The van der Waals surface area contributed by atoms with Gasteiger partial charge in [0.05, 0.1) is 5.02 Å². The van der Waals surface area contributed by atoms with Crippen molar-refractivity contribution >= 4 is 23.3 Å². The molecule has 2 N–H and O–H groups in total. The van der Waals surface area contributed by atoms with E-state index >= 15 is 0 Å². The summed E-state index contributed by atoms with van der Waals surface area (Å²) in [6.45, 7) is 3.86. The van der Waals surface area contributed by atoms with Crippen LogP contribution >= 0.6 is 11.6 Å². The first-order chi connectivity index (χ1) is 7.52. The van der Waals surface area contributed by atoms with Crippen LogP contribution in [0.4, 0.5) is 14.9 Å². The van der Waals surface area contributed by atoms with E-state index in [1.54, 1.807) is 6.07 Å². The first-order valence-corrected chi connectivity index (χ1v) is 5.43. The fraction of sp³-hybridized carbons (Fsp3) is 0.364. The fourth-order valence-electron chi connectivity index (χ4n) is 1.07. The van der Waals surface area contributed by atoms with Gasteiger partial charge >= 0.3 is 6.03 Å². The minimum atomic E-state index is -0.553. The van der Waals surface area contributed by atoms with Crippen LogP contribution in [0.2, 0.25) is 5.02 Å². The Kier molecular flexibility index (Phi) is 4.55. The molecule has 3 nitrogen and oxygen atoms in total. The Balaban J connectivity index is 2.59. The molecule has 1 aromatic rings. The Bertz CT molecular complexity index is 384. The zero-order valence-electron chi connectivity index (χ0n) is 9.18. The third kappa shape index (κ3) is 3.70. The summed E-state index contributed by atoms with van der Waals surface area (Å²) in [7, 11) is 0. The molecular formula is C11H14ClFN2O. The van der Waals surface area contributed by atoms with Crippen molar-refractivity contribution in [1.82, 2.24) is 5.32 Å². The van der Waals surface area contributed by atoms with Gasteiger partial charge in [0.2, 0.25) is 0 Å². The minimum absolute atomic E-state index is 0.0351. The third-order valence-corrected chi connectivity index (χ3v) is 2.47. The van der Waals surface area contributed by atoms with Crippen molar-refractivity contribution in [2.75, 3.05) is 5.32 Å². The highest BCUT2D eigenvalue weighted by atomic mass is 35.5. The van der Waals surface area contributed by atoms with Gasteiger partial charge < -0.3 is 10.6 Å². The Morgan fingerprint density at radius 3 is 2.81 bits per heavy atom. The van der Waals surface area contributed by atoms with E-state index in [1.165, 1.54) is 12.1 Å². The molecular weight excluding hydrogens is 231 g/mol. The zero-order chi connectivity index (χ0) is 12.1. The highest BCUT2D eigenvalue weighted by Crippen LogP contribution is 2.18. The van der Waals surface area contributed by atoms with E-state index in [1.807, 2.05) is 13.8 Å². The Hall–Kier alpha value is -1.29. The van der Waals surface area contributed by atoms with E-state index in [4.69, 9.17) is 11.6 Å². The van der Waals surface area contributed by atoms with Crippen molar-refractivity contribution in [2.45, 2.75) is 26.3 Å². The number of nitrogens with one attached hydrogen (secondary N) is 2. The summed E-state index contributed by atoms with van der Waals surface area (Å²) in [5.74, 6) is -0.553. The molecule has 5 heteroatoms. The maximum atomic E-state index is 13.1. The van der Waals surface area contributed by atoms with Crippen LogP contribution in [0.25, 0.3) is 0 Å². The molecule has 0 aliphatic carbocycles. The summed E-state index contributed by atoms with van der Waals surface area (Å²) in [6.07, 6.45) is 0.836. The van der Waals surface area contributed by atoms with Crippen molar-refractivity contribution in [2.24, 2.45) is 0 Å². The van der Waals surface area contributed by atoms with Crippen LogP contribution in [0.5, 0.6) is 0 Å². The number of benzene rings is 1. The number of anilines is 1. The summed E-state index contributed by atoms with van der Waals surface area (Å²) >= 11 is 5.52. The molecule has 0 saturated heterocycles. The highest BCUT2D eigenvalue weighted by Gasteiger charge is 2.06. The van der Waals surface area contributed by atoms with Gasteiger partial charge in [-0.05, 0) is 31.5 Å². The molecule has 0 saturated carbocycles. The van der Waals surface area contributed by atoms with Gasteiger partial charge in [-0.2, -0.15) is 0 Å². The fourth-order valence-corrected chi connectivity index (χ4v) is 1.18. The largest absolute Gasteiger partial charge is 0.335 e. The molecule has 88 valence electrons. The van der Waals surface area contributed by atoms with Crippen LogP contribution in [-0.2, 0) is 0 Å². The van der Waals surface area contributed by atoms with Crippen molar-refractivity contribution < 1.29 is 9.18 Å². The quantitative estimate of drug-likeness (QED) is 0.841. The van der Waals surface area contributed by atoms with Crippen LogP contribution in [0.15, 0.2) is 18.2 Å². The van der Waals surface area contributed by atoms with Gasteiger partial charge in [0.1, 0.15) is 5.82 Å². The summed E-state index contributed by atoms with van der Waals surface area (Å²) in [5, 5.41) is 5.27. The second kappa shape index (κ2) is 5.70. The number of urea groups is 1. The van der Waals surface area contributed by atoms with Gasteiger partial charge in [-0.3, -0.25) is 0 Å². The summed E-state index contributed by atoms with van der Waals surface area (Å²) in [6, 6.07) is 3.85. The van der Waals surface area contributed by atoms with Gasteiger partial charge in [-0.1, -0.05) is 18.5 Å². The second-order valence-corrected chi connectivity index (χ2v) is 3.94. The van der Waals surface area contributed by atoms with Crippen molar-refractivity contribution in [3.05, 3.63) is 29.0 Å². The van der Waals surface area contributed by atoms with Crippen molar-refractivity contribution in [3.63, 3.8) is 0 Å². The average Bonchev–Trinajstić information content (AvgIpc) is 2.23. The highest BCUT2D eigenvalue weighted by molar-refractivity contribution is 6.30. The monoisotopic (exact) mass is 244 g/mol. The van der Waals surface area contributed by atoms with Crippen LogP contribution < -0.4 is 10.6 Å². The van der Waals surface area contributed by atoms with Gasteiger partial charge in [0, 0.05) is 11.7 Å².